The third-order valence-corrected chi connectivity index (χ3v) is 5.41. The molecule has 1 aromatic carbocycles. The van der Waals surface area contributed by atoms with Crippen LogP contribution in [-0.2, 0) is 4.79 Å². The van der Waals surface area contributed by atoms with Crippen LogP contribution in [-0.4, -0.2) is 38.6 Å². The van der Waals surface area contributed by atoms with Crippen molar-refractivity contribution in [3.8, 4) is 0 Å². The first kappa shape index (κ1) is 17.1. The summed E-state index contributed by atoms with van der Waals surface area (Å²) in [5, 5.41) is 3.09. The molecule has 1 saturated heterocycles. The molecule has 1 amide bonds. The molecule has 2 aliphatic rings. The third-order valence-electron chi connectivity index (χ3n) is 5.41. The Hall–Kier alpha value is -2.34. The van der Waals surface area contributed by atoms with Crippen molar-refractivity contribution in [3.05, 3.63) is 54.2 Å². The zero-order valence-electron chi connectivity index (χ0n) is 14.8. The van der Waals surface area contributed by atoms with Gasteiger partial charge in [0.05, 0.1) is 44.7 Å². The zero-order valence-corrected chi connectivity index (χ0v) is 14.8. The summed E-state index contributed by atoms with van der Waals surface area (Å²) in [5.41, 5.74) is 0.670. The van der Waals surface area contributed by atoms with E-state index in [0.717, 1.165) is 44.8 Å². The van der Waals surface area contributed by atoms with Gasteiger partial charge in [-0.2, -0.15) is 0 Å². The highest BCUT2D eigenvalue weighted by molar-refractivity contribution is 5.80. The maximum Gasteiger partial charge on any atom is 0.223 e. The minimum absolute atomic E-state index is 0.0930. The highest BCUT2D eigenvalue weighted by Gasteiger charge is 2.34. The van der Waals surface area contributed by atoms with Crippen LogP contribution < -0.4 is 15.1 Å². The Bertz CT molecular complexity index is 737. The number of nitrogens with one attached hydrogen (secondary N) is 2. The van der Waals surface area contributed by atoms with Gasteiger partial charge in [0.25, 0.3) is 0 Å². The van der Waals surface area contributed by atoms with Crippen LogP contribution in [0, 0.1) is 11.7 Å². The molecule has 2 heterocycles. The number of quaternary nitrogens is 1. The topological polar surface area (TPSA) is 49.9 Å². The number of benzene rings is 1. The predicted molar refractivity (Wildman–Crippen MR) is 96.5 cm³/mol. The van der Waals surface area contributed by atoms with Crippen molar-refractivity contribution in [3.63, 3.8) is 0 Å². The van der Waals surface area contributed by atoms with Crippen LogP contribution in [0.2, 0.25) is 0 Å². The number of piperazine rings is 1. The summed E-state index contributed by atoms with van der Waals surface area (Å²) >= 11 is 0. The molecule has 2 aromatic rings. The number of hydrogen-bond acceptors (Lipinski definition) is 3. The molecule has 2 fully saturated rings. The van der Waals surface area contributed by atoms with Crippen molar-refractivity contribution in [2.24, 2.45) is 5.92 Å². The summed E-state index contributed by atoms with van der Waals surface area (Å²) in [7, 11) is 0. The first-order valence-corrected chi connectivity index (χ1v) is 9.37. The van der Waals surface area contributed by atoms with E-state index in [0.29, 0.717) is 12.2 Å². The van der Waals surface area contributed by atoms with Gasteiger partial charge < -0.3 is 19.5 Å². The second kappa shape index (κ2) is 7.50. The maximum atomic E-state index is 14.0. The number of carbonyl (C=O) groups excluding carboxylic acids is 1. The zero-order chi connectivity index (χ0) is 17.9. The lowest BCUT2D eigenvalue weighted by atomic mass is 10.1. The van der Waals surface area contributed by atoms with Crippen molar-refractivity contribution in [1.29, 1.82) is 0 Å². The van der Waals surface area contributed by atoms with E-state index in [-0.39, 0.29) is 23.7 Å². The molecular formula is C20H25FN3O2+. The number of anilines is 1. The molecule has 0 spiro atoms. The maximum absolute atomic E-state index is 14.0. The summed E-state index contributed by atoms with van der Waals surface area (Å²) in [5.74, 6) is 1.09. The van der Waals surface area contributed by atoms with Crippen LogP contribution in [0.25, 0.3) is 0 Å². The number of halogens is 1. The second-order valence-corrected chi connectivity index (χ2v) is 7.18. The van der Waals surface area contributed by atoms with Crippen molar-refractivity contribution in [2.75, 3.05) is 37.6 Å². The normalized spacial score (nSPS) is 19.3. The van der Waals surface area contributed by atoms with Gasteiger partial charge in [0.1, 0.15) is 5.82 Å². The molecule has 2 N–H and O–H groups in total. The van der Waals surface area contributed by atoms with Gasteiger partial charge in [0.15, 0.2) is 11.8 Å². The fraction of sp³-hybridized carbons (Fsp3) is 0.450. The summed E-state index contributed by atoms with van der Waals surface area (Å²) in [4.78, 5) is 15.5. The van der Waals surface area contributed by atoms with Crippen LogP contribution in [0.4, 0.5) is 10.1 Å². The van der Waals surface area contributed by atoms with E-state index in [1.165, 1.54) is 11.0 Å². The number of para-hydroxylation sites is 1. The van der Waals surface area contributed by atoms with Crippen molar-refractivity contribution in [1.82, 2.24) is 5.32 Å². The van der Waals surface area contributed by atoms with E-state index < -0.39 is 0 Å². The van der Waals surface area contributed by atoms with Gasteiger partial charge in [-0.1, -0.05) is 12.1 Å². The van der Waals surface area contributed by atoms with Gasteiger partial charge in [-0.3, -0.25) is 4.79 Å². The van der Waals surface area contributed by atoms with Gasteiger partial charge >= 0.3 is 0 Å². The lowest BCUT2D eigenvalue weighted by Gasteiger charge is -2.37. The number of rotatable bonds is 6. The molecule has 1 aliphatic heterocycles. The van der Waals surface area contributed by atoms with Crippen molar-refractivity contribution >= 4 is 11.6 Å². The smallest absolute Gasteiger partial charge is 0.223 e. The molecule has 1 aliphatic carbocycles. The highest BCUT2D eigenvalue weighted by Crippen LogP contribution is 2.28. The molecule has 0 unspecified atom stereocenters. The molecular weight excluding hydrogens is 333 g/mol. The molecule has 1 aromatic heterocycles. The van der Waals surface area contributed by atoms with E-state index in [1.54, 1.807) is 12.3 Å². The Morgan fingerprint density at radius 3 is 2.65 bits per heavy atom. The largest absolute Gasteiger partial charge is 0.463 e. The number of carbonyl (C=O) groups is 1. The Labute approximate surface area is 152 Å². The van der Waals surface area contributed by atoms with Gasteiger partial charge in [-0.15, -0.1) is 0 Å². The SMILES string of the molecule is O=C(NC[C@@H](c1ccco1)[NH+]1CCN(c2ccccc2F)CC1)C1CC1. The average Bonchev–Trinajstić information content (AvgIpc) is 3.39. The molecule has 26 heavy (non-hydrogen) atoms. The fourth-order valence-electron chi connectivity index (χ4n) is 3.72. The lowest BCUT2D eigenvalue weighted by molar-refractivity contribution is -0.932. The Morgan fingerprint density at radius 2 is 2.00 bits per heavy atom. The first-order valence-electron chi connectivity index (χ1n) is 9.37. The number of furan rings is 1. The van der Waals surface area contributed by atoms with E-state index in [9.17, 15) is 9.18 Å². The summed E-state index contributed by atoms with van der Waals surface area (Å²) in [6, 6.07) is 10.9. The lowest BCUT2D eigenvalue weighted by Crippen LogP contribution is -3.15. The number of nitrogens with zero attached hydrogens (tertiary/aromatic N) is 1. The molecule has 0 radical (unpaired) electrons. The van der Waals surface area contributed by atoms with Gasteiger partial charge in [0, 0.05) is 5.92 Å². The molecule has 1 saturated carbocycles. The standard InChI is InChI=1S/C20H24FN3O2/c21-16-4-1-2-5-17(16)23-9-11-24(12-10-23)18(19-6-3-13-26-19)14-22-20(25)15-7-8-15/h1-6,13,15,18H,7-12,14H2,(H,22,25)/p+1/t18-/m0/s1. The van der Waals surface area contributed by atoms with Gasteiger partial charge in [-0.25, -0.2) is 4.39 Å². The summed E-state index contributed by atoms with van der Waals surface area (Å²) in [6.07, 6.45) is 3.69. The van der Waals surface area contributed by atoms with Gasteiger partial charge in [-0.05, 0) is 37.1 Å². The van der Waals surface area contributed by atoms with Crippen LogP contribution in [0.1, 0.15) is 24.6 Å². The Kier molecular flexibility index (Phi) is 4.93. The minimum Gasteiger partial charge on any atom is -0.463 e. The van der Waals surface area contributed by atoms with Crippen LogP contribution in [0.5, 0.6) is 0 Å². The number of amides is 1. The van der Waals surface area contributed by atoms with Crippen LogP contribution in [0.3, 0.4) is 0 Å². The quantitative estimate of drug-likeness (QED) is 0.821. The summed E-state index contributed by atoms with van der Waals surface area (Å²) in [6.45, 7) is 3.89. The van der Waals surface area contributed by atoms with E-state index in [1.807, 2.05) is 24.3 Å². The molecule has 5 nitrogen and oxygen atoms in total. The third kappa shape index (κ3) is 3.75. The second-order valence-electron chi connectivity index (χ2n) is 7.18. The Balaban J connectivity index is 1.40. The van der Waals surface area contributed by atoms with E-state index in [4.69, 9.17) is 4.42 Å². The van der Waals surface area contributed by atoms with Crippen molar-refractivity contribution < 1.29 is 18.5 Å². The first-order chi connectivity index (χ1) is 12.7. The number of hydrogen-bond donors (Lipinski definition) is 2. The minimum atomic E-state index is -0.171. The van der Waals surface area contributed by atoms with E-state index >= 15 is 0 Å². The van der Waals surface area contributed by atoms with Crippen LogP contribution in [0.15, 0.2) is 47.1 Å². The van der Waals surface area contributed by atoms with Crippen molar-refractivity contribution in [2.45, 2.75) is 18.9 Å². The van der Waals surface area contributed by atoms with Gasteiger partial charge in [0.2, 0.25) is 5.91 Å². The summed E-state index contributed by atoms with van der Waals surface area (Å²) < 4.78 is 19.7. The van der Waals surface area contributed by atoms with E-state index in [2.05, 4.69) is 10.2 Å². The molecule has 1 atom stereocenters. The van der Waals surface area contributed by atoms with Crippen LogP contribution >= 0.6 is 0 Å². The Morgan fingerprint density at radius 1 is 1.23 bits per heavy atom. The predicted octanol–water partition coefficient (Wildman–Crippen LogP) is 1.39. The molecule has 4 rings (SSSR count). The monoisotopic (exact) mass is 358 g/mol. The fourth-order valence-corrected chi connectivity index (χ4v) is 3.72. The molecule has 138 valence electrons. The molecule has 0 bridgehead atoms. The average molecular weight is 358 g/mol. The highest BCUT2D eigenvalue weighted by atomic mass is 19.1. The molecule has 6 heteroatoms.